The topological polar surface area (TPSA) is 69.6 Å². The SMILES string of the molecule is O=C(O)c1cc(F)cnc1N1CCN(c2nccs2)CC1. The second kappa shape index (κ2) is 5.65. The molecule has 1 aliphatic heterocycles. The summed E-state index contributed by atoms with van der Waals surface area (Å²) in [5, 5.41) is 12.1. The predicted octanol–water partition coefficient (Wildman–Crippen LogP) is 1.70. The molecule has 21 heavy (non-hydrogen) atoms. The van der Waals surface area contributed by atoms with Gasteiger partial charge in [0.05, 0.1) is 6.20 Å². The summed E-state index contributed by atoms with van der Waals surface area (Å²) in [7, 11) is 0. The Morgan fingerprint density at radius 2 is 1.95 bits per heavy atom. The summed E-state index contributed by atoms with van der Waals surface area (Å²) >= 11 is 1.57. The molecule has 0 aromatic carbocycles. The lowest BCUT2D eigenvalue weighted by atomic mass is 10.2. The Bertz CT molecular complexity index is 642. The summed E-state index contributed by atoms with van der Waals surface area (Å²) in [6.07, 6.45) is 2.81. The highest BCUT2D eigenvalue weighted by Crippen LogP contribution is 2.23. The van der Waals surface area contributed by atoms with Crippen molar-refractivity contribution in [1.29, 1.82) is 0 Å². The number of thiazole rings is 1. The Balaban J connectivity index is 1.76. The second-order valence-corrected chi connectivity index (χ2v) is 5.49. The first-order chi connectivity index (χ1) is 10.1. The van der Waals surface area contributed by atoms with Crippen molar-refractivity contribution < 1.29 is 14.3 Å². The van der Waals surface area contributed by atoms with Crippen LogP contribution in [0.5, 0.6) is 0 Å². The molecule has 0 aliphatic carbocycles. The van der Waals surface area contributed by atoms with Crippen LogP contribution in [0.15, 0.2) is 23.8 Å². The predicted molar refractivity (Wildman–Crippen MR) is 77.7 cm³/mol. The van der Waals surface area contributed by atoms with Gasteiger partial charge in [-0.05, 0) is 6.07 Å². The Kier molecular flexibility index (Phi) is 3.70. The lowest BCUT2D eigenvalue weighted by molar-refractivity contribution is 0.0696. The van der Waals surface area contributed by atoms with Gasteiger partial charge in [-0.25, -0.2) is 19.2 Å². The van der Waals surface area contributed by atoms with E-state index < -0.39 is 11.8 Å². The van der Waals surface area contributed by atoms with Crippen molar-refractivity contribution in [1.82, 2.24) is 9.97 Å². The molecule has 2 aromatic rings. The maximum absolute atomic E-state index is 13.2. The van der Waals surface area contributed by atoms with Crippen LogP contribution in [-0.2, 0) is 0 Å². The molecule has 0 saturated carbocycles. The molecule has 0 spiro atoms. The van der Waals surface area contributed by atoms with Gasteiger partial charge >= 0.3 is 5.97 Å². The van der Waals surface area contributed by atoms with Gasteiger partial charge in [-0.3, -0.25) is 0 Å². The Labute approximate surface area is 124 Å². The molecular weight excluding hydrogens is 295 g/mol. The number of aromatic nitrogens is 2. The number of anilines is 2. The average molecular weight is 308 g/mol. The van der Waals surface area contributed by atoms with Gasteiger partial charge in [-0.1, -0.05) is 0 Å². The standard InChI is InChI=1S/C13H13FN4O2S/c14-9-7-10(12(19)20)11(16-8-9)17-2-4-18(5-3-17)13-15-1-6-21-13/h1,6-8H,2-5H2,(H,19,20). The third-order valence-electron chi connectivity index (χ3n) is 3.33. The van der Waals surface area contributed by atoms with Gasteiger partial charge in [-0.2, -0.15) is 0 Å². The van der Waals surface area contributed by atoms with Crippen LogP contribution in [0.25, 0.3) is 0 Å². The number of carbonyl (C=O) groups is 1. The molecule has 3 rings (SSSR count). The first-order valence-corrected chi connectivity index (χ1v) is 7.31. The highest BCUT2D eigenvalue weighted by atomic mass is 32.1. The first kappa shape index (κ1) is 13.7. The van der Waals surface area contributed by atoms with Crippen molar-refractivity contribution in [3.8, 4) is 0 Å². The van der Waals surface area contributed by atoms with Gasteiger partial charge in [0.25, 0.3) is 0 Å². The zero-order valence-corrected chi connectivity index (χ0v) is 11.9. The molecule has 0 unspecified atom stereocenters. The van der Waals surface area contributed by atoms with E-state index in [0.717, 1.165) is 30.5 Å². The first-order valence-electron chi connectivity index (χ1n) is 6.43. The van der Waals surface area contributed by atoms with Crippen LogP contribution in [0.2, 0.25) is 0 Å². The van der Waals surface area contributed by atoms with E-state index in [0.29, 0.717) is 18.9 Å². The van der Waals surface area contributed by atoms with E-state index in [4.69, 9.17) is 0 Å². The fraction of sp³-hybridized carbons (Fsp3) is 0.308. The summed E-state index contributed by atoms with van der Waals surface area (Å²) < 4.78 is 13.2. The minimum absolute atomic E-state index is 0.0994. The number of carboxylic acids is 1. The van der Waals surface area contributed by atoms with E-state index in [-0.39, 0.29) is 5.56 Å². The fourth-order valence-corrected chi connectivity index (χ4v) is 3.02. The van der Waals surface area contributed by atoms with Gasteiger partial charge in [0, 0.05) is 37.8 Å². The van der Waals surface area contributed by atoms with Crippen molar-refractivity contribution >= 4 is 28.3 Å². The second-order valence-electron chi connectivity index (χ2n) is 4.62. The van der Waals surface area contributed by atoms with Crippen LogP contribution >= 0.6 is 11.3 Å². The number of aromatic carboxylic acids is 1. The average Bonchev–Trinajstić information content (AvgIpc) is 3.01. The van der Waals surface area contributed by atoms with E-state index in [1.54, 1.807) is 17.5 Å². The fourth-order valence-electron chi connectivity index (χ4n) is 2.32. The highest BCUT2D eigenvalue weighted by molar-refractivity contribution is 7.13. The quantitative estimate of drug-likeness (QED) is 0.931. The van der Waals surface area contributed by atoms with E-state index in [1.807, 2.05) is 10.3 Å². The zero-order valence-electron chi connectivity index (χ0n) is 11.1. The molecule has 1 saturated heterocycles. The number of hydrogen-bond acceptors (Lipinski definition) is 6. The van der Waals surface area contributed by atoms with Crippen LogP contribution in [0.1, 0.15) is 10.4 Å². The van der Waals surface area contributed by atoms with E-state index in [9.17, 15) is 14.3 Å². The van der Waals surface area contributed by atoms with E-state index in [1.165, 1.54) is 0 Å². The van der Waals surface area contributed by atoms with Crippen LogP contribution < -0.4 is 9.80 Å². The van der Waals surface area contributed by atoms with E-state index in [2.05, 4.69) is 14.9 Å². The van der Waals surface area contributed by atoms with Crippen molar-refractivity contribution in [2.75, 3.05) is 36.0 Å². The lowest BCUT2D eigenvalue weighted by Gasteiger charge is -2.35. The Morgan fingerprint density at radius 3 is 2.57 bits per heavy atom. The summed E-state index contributed by atoms with van der Waals surface area (Å²) in [5.74, 6) is -1.49. The number of rotatable bonds is 3. The van der Waals surface area contributed by atoms with Gasteiger partial charge in [0.1, 0.15) is 17.2 Å². The molecule has 2 aromatic heterocycles. The minimum atomic E-state index is -1.17. The third-order valence-corrected chi connectivity index (χ3v) is 4.16. The van der Waals surface area contributed by atoms with Crippen LogP contribution in [0.4, 0.5) is 15.3 Å². The van der Waals surface area contributed by atoms with Crippen molar-refractivity contribution in [3.05, 3.63) is 35.2 Å². The normalized spacial score (nSPS) is 15.3. The zero-order chi connectivity index (χ0) is 14.8. The van der Waals surface area contributed by atoms with Crippen LogP contribution in [0, 0.1) is 5.82 Å². The molecule has 0 amide bonds. The number of piperazine rings is 1. The smallest absolute Gasteiger partial charge is 0.339 e. The maximum atomic E-state index is 13.2. The number of hydrogen-bond donors (Lipinski definition) is 1. The molecular formula is C13H13FN4O2S. The molecule has 110 valence electrons. The monoisotopic (exact) mass is 308 g/mol. The molecule has 1 aliphatic rings. The van der Waals surface area contributed by atoms with Crippen molar-refractivity contribution in [3.63, 3.8) is 0 Å². The van der Waals surface area contributed by atoms with Crippen LogP contribution in [0.3, 0.4) is 0 Å². The summed E-state index contributed by atoms with van der Waals surface area (Å²) in [6.45, 7) is 2.70. The van der Waals surface area contributed by atoms with Crippen molar-refractivity contribution in [2.24, 2.45) is 0 Å². The lowest BCUT2D eigenvalue weighted by Crippen LogP contribution is -2.47. The maximum Gasteiger partial charge on any atom is 0.339 e. The molecule has 1 N–H and O–H groups in total. The summed E-state index contributed by atoms with van der Waals surface area (Å²) in [4.78, 5) is 23.4. The molecule has 3 heterocycles. The number of carboxylic acid groups (broad SMARTS) is 1. The molecule has 0 bridgehead atoms. The number of pyridine rings is 1. The van der Waals surface area contributed by atoms with Gasteiger partial charge in [0.2, 0.25) is 0 Å². The number of halogens is 1. The minimum Gasteiger partial charge on any atom is -0.478 e. The van der Waals surface area contributed by atoms with Gasteiger partial charge in [-0.15, -0.1) is 11.3 Å². The van der Waals surface area contributed by atoms with Gasteiger partial charge in [0.15, 0.2) is 5.13 Å². The van der Waals surface area contributed by atoms with E-state index >= 15 is 0 Å². The molecule has 8 heteroatoms. The van der Waals surface area contributed by atoms with Gasteiger partial charge < -0.3 is 14.9 Å². The Morgan fingerprint density at radius 1 is 1.24 bits per heavy atom. The summed E-state index contributed by atoms with van der Waals surface area (Å²) in [6, 6.07) is 1.01. The molecule has 0 radical (unpaired) electrons. The van der Waals surface area contributed by atoms with Crippen LogP contribution in [-0.4, -0.2) is 47.2 Å². The molecule has 6 nitrogen and oxygen atoms in total. The molecule has 0 atom stereocenters. The largest absolute Gasteiger partial charge is 0.478 e. The third kappa shape index (κ3) is 2.80. The highest BCUT2D eigenvalue weighted by Gasteiger charge is 2.24. The Hall–Kier alpha value is -2.22. The summed E-state index contributed by atoms with van der Waals surface area (Å²) in [5.41, 5.74) is -0.0994. The van der Waals surface area contributed by atoms with Crippen molar-refractivity contribution in [2.45, 2.75) is 0 Å². The number of nitrogens with zero attached hydrogens (tertiary/aromatic N) is 4. The molecule has 1 fully saturated rings.